The van der Waals surface area contributed by atoms with E-state index in [9.17, 15) is 9.59 Å². The van der Waals surface area contributed by atoms with Gasteiger partial charge in [0.05, 0.1) is 18.7 Å². The number of nitrogens with zero attached hydrogens (tertiary/aromatic N) is 2. The molecule has 2 heterocycles. The summed E-state index contributed by atoms with van der Waals surface area (Å²) in [4.78, 5) is 27.0. The fourth-order valence-corrected chi connectivity index (χ4v) is 4.43. The van der Waals surface area contributed by atoms with Gasteiger partial charge in [-0.1, -0.05) is 36.4 Å². The number of nitrogens with one attached hydrogen (secondary N) is 1. The number of fused-ring (bicyclic) bond motifs is 1. The molecule has 1 saturated heterocycles. The van der Waals surface area contributed by atoms with Crippen molar-refractivity contribution in [1.82, 2.24) is 14.8 Å². The quantitative estimate of drug-likeness (QED) is 0.586. The van der Waals surface area contributed by atoms with Crippen LogP contribution in [0, 0.1) is 0 Å². The summed E-state index contributed by atoms with van der Waals surface area (Å²) in [5.74, 6) is 0.215. The maximum Gasteiger partial charge on any atom is 0.250 e. The molecular weight excluding hydrogens is 392 g/mol. The Morgan fingerprint density at radius 3 is 2.55 bits per heavy atom. The van der Waals surface area contributed by atoms with Crippen molar-refractivity contribution in [2.45, 2.75) is 25.4 Å². The Morgan fingerprint density at radius 2 is 1.81 bits per heavy atom. The normalized spacial score (nSPS) is 15.1. The number of rotatable bonds is 8. The van der Waals surface area contributed by atoms with Gasteiger partial charge >= 0.3 is 0 Å². The predicted octanol–water partition coefficient (Wildman–Crippen LogP) is 2.70. The Morgan fingerprint density at radius 1 is 1.10 bits per heavy atom. The van der Waals surface area contributed by atoms with Crippen molar-refractivity contribution in [3.05, 3.63) is 65.9 Å². The topological polar surface area (TPSA) is 89.6 Å². The number of ether oxygens (including phenoxy) is 1. The van der Waals surface area contributed by atoms with Crippen LogP contribution in [0.15, 0.2) is 54.7 Å². The molecule has 2 aromatic carbocycles. The second-order valence-corrected chi connectivity index (χ2v) is 7.86. The van der Waals surface area contributed by atoms with Gasteiger partial charge in [-0.25, -0.2) is 0 Å². The number of carbonyl (C=O) groups is 2. The van der Waals surface area contributed by atoms with Gasteiger partial charge in [-0.3, -0.25) is 14.5 Å². The van der Waals surface area contributed by atoms with E-state index in [2.05, 4.69) is 16.3 Å². The van der Waals surface area contributed by atoms with Gasteiger partial charge in [-0.2, -0.15) is 0 Å². The van der Waals surface area contributed by atoms with Crippen molar-refractivity contribution in [3.8, 4) is 5.75 Å². The molecule has 7 heteroatoms. The smallest absolute Gasteiger partial charge is 0.250 e. The van der Waals surface area contributed by atoms with Crippen LogP contribution in [0.4, 0.5) is 0 Å². The highest BCUT2D eigenvalue weighted by molar-refractivity contribution is 6.06. The lowest BCUT2D eigenvalue weighted by Gasteiger charge is -2.29. The minimum atomic E-state index is -0.499. The molecule has 0 saturated carbocycles. The summed E-state index contributed by atoms with van der Waals surface area (Å²) >= 11 is 0. The Labute approximate surface area is 181 Å². The number of nitrogens with two attached hydrogens (primary N) is 1. The number of hydrogen-bond donors (Lipinski definition) is 2. The molecule has 0 spiro atoms. The average molecular weight is 421 g/mol. The number of methoxy groups -OCH3 is 1. The van der Waals surface area contributed by atoms with E-state index >= 15 is 0 Å². The molecule has 4 rings (SSSR count). The molecule has 1 atom stereocenters. The summed E-state index contributed by atoms with van der Waals surface area (Å²) in [5, 5.41) is 3.84. The molecule has 0 radical (unpaired) electrons. The molecule has 0 aliphatic carbocycles. The summed E-state index contributed by atoms with van der Waals surface area (Å²) in [6.45, 7) is 2.61. The van der Waals surface area contributed by atoms with Crippen molar-refractivity contribution < 1.29 is 14.3 Å². The molecule has 7 nitrogen and oxygen atoms in total. The first kappa shape index (κ1) is 20.9. The molecule has 1 aliphatic rings. The number of amides is 2. The zero-order valence-corrected chi connectivity index (χ0v) is 17.7. The molecule has 31 heavy (non-hydrogen) atoms. The Balaban J connectivity index is 1.51. The Bertz CT molecular complexity index is 1090. The van der Waals surface area contributed by atoms with E-state index in [4.69, 9.17) is 10.5 Å². The standard InChI is InChI=1S/C24H28N4O3/c1-31-22-11-5-3-9-18(22)21(27-12-6-7-13-27)14-26-23(29)16-28-15-19(24(25)30)17-8-2-4-10-20(17)28/h2-5,8-11,15,21H,6-7,12-14,16H2,1H3,(H2,25,30)(H,26,29). The van der Waals surface area contributed by atoms with Gasteiger partial charge in [0.25, 0.3) is 5.91 Å². The summed E-state index contributed by atoms with van der Waals surface area (Å²) in [7, 11) is 1.67. The van der Waals surface area contributed by atoms with E-state index in [0.717, 1.165) is 48.1 Å². The number of carbonyl (C=O) groups excluding carboxylic acids is 2. The lowest BCUT2D eigenvalue weighted by molar-refractivity contribution is -0.121. The van der Waals surface area contributed by atoms with Crippen LogP contribution in [0.3, 0.4) is 0 Å². The predicted molar refractivity (Wildman–Crippen MR) is 120 cm³/mol. The third kappa shape index (κ3) is 4.41. The molecule has 162 valence electrons. The van der Waals surface area contributed by atoms with Crippen LogP contribution >= 0.6 is 0 Å². The van der Waals surface area contributed by atoms with E-state index < -0.39 is 5.91 Å². The Hall–Kier alpha value is -3.32. The molecule has 3 aromatic rings. The molecule has 3 N–H and O–H groups in total. The third-order valence-electron chi connectivity index (χ3n) is 5.94. The van der Waals surface area contributed by atoms with Crippen LogP contribution < -0.4 is 15.8 Å². The first-order valence-corrected chi connectivity index (χ1v) is 10.6. The lowest BCUT2D eigenvalue weighted by atomic mass is 10.0. The number of primary amides is 1. The van der Waals surface area contributed by atoms with Gasteiger partial charge < -0.3 is 20.4 Å². The lowest BCUT2D eigenvalue weighted by Crippen LogP contribution is -2.38. The third-order valence-corrected chi connectivity index (χ3v) is 5.94. The van der Waals surface area contributed by atoms with E-state index in [1.165, 1.54) is 0 Å². The summed E-state index contributed by atoms with van der Waals surface area (Å²) in [5.41, 5.74) is 7.83. The first-order valence-electron chi connectivity index (χ1n) is 10.6. The molecule has 1 unspecified atom stereocenters. The van der Waals surface area contributed by atoms with Crippen LogP contribution in [0.1, 0.15) is 34.8 Å². The minimum Gasteiger partial charge on any atom is -0.496 e. The molecular formula is C24H28N4O3. The second-order valence-electron chi connectivity index (χ2n) is 7.86. The molecule has 0 bridgehead atoms. The highest BCUT2D eigenvalue weighted by Crippen LogP contribution is 2.31. The summed E-state index contributed by atoms with van der Waals surface area (Å²) in [6, 6.07) is 15.5. The van der Waals surface area contributed by atoms with Crippen LogP contribution in [0.25, 0.3) is 10.9 Å². The monoisotopic (exact) mass is 420 g/mol. The number of hydrogen-bond acceptors (Lipinski definition) is 4. The van der Waals surface area contributed by atoms with Gasteiger partial charge in [0.2, 0.25) is 5.91 Å². The second kappa shape index (κ2) is 9.22. The molecule has 1 aliphatic heterocycles. The largest absolute Gasteiger partial charge is 0.496 e. The average Bonchev–Trinajstić information content (AvgIpc) is 3.43. The number of benzene rings is 2. The van der Waals surface area contributed by atoms with Gasteiger partial charge in [-0.15, -0.1) is 0 Å². The van der Waals surface area contributed by atoms with Crippen molar-refractivity contribution in [2.75, 3.05) is 26.7 Å². The van der Waals surface area contributed by atoms with Crippen molar-refractivity contribution in [2.24, 2.45) is 5.73 Å². The fraction of sp³-hybridized carbons (Fsp3) is 0.333. The number of aromatic nitrogens is 1. The van der Waals surface area contributed by atoms with Gasteiger partial charge in [0.1, 0.15) is 12.3 Å². The van der Waals surface area contributed by atoms with Crippen molar-refractivity contribution in [3.63, 3.8) is 0 Å². The van der Waals surface area contributed by atoms with Crippen LogP contribution in [-0.2, 0) is 11.3 Å². The Kier molecular flexibility index (Phi) is 6.23. The van der Waals surface area contributed by atoms with E-state index in [1.54, 1.807) is 17.9 Å². The van der Waals surface area contributed by atoms with Crippen LogP contribution in [-0.4, -0.2) is 48.0 Å². The van der Waals surface area contributed by atoms with Crippen LogP contribution in [0.2, 0.25) is 0 Å². The maximum absolute atomic E-state index is 12.8. The fourth-order valence-electron chi connectivity index (χ4n) is 4.43. The van der Waals surface area contributed by atoms with Crippen molar-refractivity contribution in [1.29, 1.82) is 0 Å². The number of para-hydroxylation sites is 2. The van der Waals surface area contributed by atoms with E-state index in [-0.39, 0.29) is 18.5 Å². The van der Waals surface area contributed by atoms with Crippen molar-refractivity contribution >= 4 is 22.7 Å². The van der Waals surface area contributed by atoms with Crippen LogP contribution in [0.5, 0.6) is 5.75 Å². The van der Waals surface area contributed by atoms with E-state index in [0.29, 0.717) is 12.1 Å². The zero-order valence-electron chi connectivity index (χ0n) is 17.7. The summed E-state index contributed by atoms with van der Waals surface area (Å²) < 4.78 is 7.35. The van der Waals surface area contributed by atoms with Gasteiger partial charge in [0.15, 0.2) is 0 Å². The zero-order chi connectivity index (χ0) is 21.8. The SMILES string of the molecule is COc1ccccc1C(CNC(=O)Cn1cc(C(N)=O)c2ccccc21)N1CCCC1. The van der Waals surface area contributed by atoms with E-state index in [1.807, 2.05) is 42.5 Å². The minimum absolute atomic E-state index is 0.0465. The molecule has 1 fully saturated rings. The molecule has 2 amide bonds. The maximum atomic E-state index is 12.8. The van der Waals surface area contributed by atoms with Gasteiger partial charge in [0, 0.05) is 29.2 Å². The highest BCUT2D eigenvalue weighted by atomic mass is 16.5. The first-order chi connectivity index (χ1) is 15.1. The summed E-state index contributed by atoms with van der Waals surface area (Å²) in [6.07, 6.45) is 3.97. The highest BCUT2D eigenvalue weighted by Gasteiger charge is 2.26. The molecule has 1 aromatic heterocycles. The number of likely N-dealkylation sites (tertiary alicyclic amines) is 1. The van der Waals surface area contributed by atoms with Gasteiger partial charge in [-0.05, 0) is 38.1 Å².